The number of anilines is 1. The Morgan fingerprint density at radius 1 is 1.39 bits per heavy atom. The molecule has 1 saturated heterocycles. The number of carbonyl (C=O) groups is 1. The van der Waals surface area contributed by atoms with Crippen LogP contribution in [0.4, 0.5) is 10.1 Å². The molecular weight excluding hydrogens is 231 g/mol. The summed E-state index contributed by atoms with van der Waals surface area (Å²) in [4.78, 5) is 13.9. The largest absolute Gasteiger partial charge is 0.375 e. The van der Waals surface area contributed by atoms with Gasteiger partial charge >= 0.3 is 0 Å². The number of benzene rings is 1. The molecule has 1 amide bonds. The van der Waals surface area contributed by atoms with Crippen LogP contribution in [0.2, 0.25) is 0 Å². The lowest BCUT2D eigenvalue weighted by molar-refractivity contribution is -0.112. The second-order valence-electron chi connectivity index (χ2n) is 4.48. The van der Waals surface area contributed by atoms with Crippen LogP contribution in [0.25, 0.3) is 0 Å². The van der Waals surface area contributed by atoms with Crippen molar-refractivity contribution in [2.24, 2.45) is 0 Å². The maximum absolute atomic E-state index is 13.0. The average molecular weight is 248 g/mol. The fourth-order valence-electron chi connectivity index (χ4n) is 2.10. The number of amides is 1. The van der Waals surface area contributed by atoms with E-state index in [1.807, 2.05) is 6.92 Å². The topological polar surface area (TPSA) is 32.3 Å². The van der Waals surface area contributed by atoms with Crippen LogP contribution >= 0.6 is 0 Å². The Labute approximate surface area is 106 Å². The summed E-state index contributed by atoms with van der Waals surface area (Å²) in [5.41, 5.74) is 1.44. The van der Waals surface area contributed by atoms with E-state index in [-0.39, 0.29) is 11.7 Å². The van der Waals surface area contributed by atoms with Crippen LogP contribution in [0.3, 0.4) is 0 Å². The first-order valence-electron chi connectivity index (χ1n) is 6.15. The first-order valence-corrected chi connectivity index (χ1v) is 6.15. The number of halogens is 1. The number of nitrogens with one attached hydrogen (secondary N) is 1. The van der Waals surface area contributed by atoms with Crippen LogP contribution in [-0.2, 0) is 4.79 Å². The highest BCUT2D eigenvalue weighted by Gasteiger charge is 2.12. The lowest BCUT2D eigenvalue weighted by atomic mass is 10.3. The number of likely N-dealkylation sites (tertiary alicyclic amines) is 1. The Morgan fingerprint density at radius 3 is 2.78 bits per heavy atom. The van der Waals surface area contributed by atoms with Gasteiger partial charge in [-0.05, 0) is 38.0 Å². The normalized spacial score (nSPS) is 15.9. The molecule has 1 heterocycles. The third-order valence-electron chi connectivity index (χ3n) is 3.04. The van der Waals surface area contributed by atoms with Gasteiger partial charge in [0.1, 0.15) is 5.82 Å². The smallest absolute Gasteiger partial charge is 0.250 e. The third kappa shape index (κ3) is 3.32. The summed E-state index contributed by atoms with van der Waals surface area (Å²) in [7, 11) is 0. The first-order chi connectivity index (χ1) is 8.65. The van der Waals surface area contributed by atoms with Crippen molar-refractivity contribution in [3.8, 4) is 0 Å². The number of carbonyl (C=O) groups excluding carboxylic acids is 1. The highest BCUT2D eigenvalue weighted by Crippen LogP contribution is 2.14. The van der Waals surface area contributed by atoms with Crippen molar-refractivity contribution in [1.82, 2.24) is 4.90 Å². The van der Waals surface area contributed by atoms with E-state index in [4.69, 9.17) is 0 Å². The average Bonchev–Trinajstić information content (AvgIpc) is 2.81. The summed E-state index contributed by atoms with van der Waals surface area (Å²) in [5.74, 6) is -0.571. The van der Waals surface area contributed by atoms with E-state index in [1.165, 1.54) is 25.0 Å². The molecule has 1 aliphatic rings. The minimum absolute atomic E-state index is 0.218. The number of allylic oxidation sites excluding steroid dienone is 1. The SMILES string of the molecule is C/C(=C/C(=O)Nc1cccc(F)c1)N1CCCC1. The second kappa shape index (κ2) is 5.67. The fourth-order valence-corrected chi connectivity index (χ4v) is 2.10. The molecule has 0 radical (unpaired) electrons. The summed E-state index contributed by atoms with van der Waals surface area (Å²) < 4.78 is 13.0. The molecule has 1 N–H and O–H groups in total. The Kier molecular flexibility index (Phi) is 3.97. The van der Waals surface area contributed by atoms with E-state index >= 15 is 0 Å². The lowest BCUT2D eigenvalue weighted by Crippen LogP contribution is -2.19. The quantitative estimate of drug-likeness (QED) is 0.834. The Hall–Kier alpha value is -1.84. The molecule has 4 heteroatoms. The number of rotatable bonds is 3. The van der Waals surface area contributed by atoms with E-state index in [2.05, 4.69) is 10.2 Å². The van der Waals surface area contributed by atoms with Crippen molar-refractivity contribution in [3.63, 3.8) is 0 Å². The van der Waals surface area contributed by atoms with E-state index < -0.39 is 0 Å². The van der Waals surface area contributed by atoms with Gasteiger partial charge in [0.2, 0.25) is 5.91 Å². The Morgan fingerprint density at radius 2 is 2.11 bits per heavy atom. The zero-order valence-electron chi connectivity index (χ0n) is 10.4. The van der Waals surface area contributed by atoms with Gasteiger partial charge in [-0.1, -0.05) is 6.07 Å². The van der Waals surface area contributed by atoms with E-state index in [0.717, 1.165) is 18.8 Å². The lowest BCUT2D eigenvalue weighted by Gasteiger charge is -2.17. The molecule has 1 aliphatic heterocycles. The third-order valence-corrected chi connectivity index (χ3v) is 3.04. The fraction of sp³-hybridized carbons (Fsp3) is 0.357. The first kappa shape index (κ1) is 12.6. The second-order valence-corrected chi connectivity index (χ2v) is 4.48. The van der Waals surface area contributed by atoms with Gasteiger partial charge in [0.25, 0.3) is 0 Å². The van der Waals surface area contributed by atoms with E-state index in [1.54, 1.807) is 18.2 Å². The molecule has 0 saturated carbocycles. The van der Waals surface area contributed by atoms with Crippen molar-refractivity contribution in [2.75, 3.05) is 18.4 Å². The van der Waals surface area contributed by atoms with Gasteiger partial charge in [-0.2, -0.15) is 0 Å². The van der Waals surface area contributed by atoms with E-state index in [0.29, 0.717) is 5.69 Å². The molecule has 96 valence electrons. The maximum atomic E-state index is 13.0. The van der Waals surface area contributed by atoms with Gasteiger partial charge < -0.3 is 10.2 Å². The van der Waals surface area contributed by atoms with Gasteiger partial charge in [-0.3, -0.25) is 4.79 Å². The number of hydrogen-bond donors (Lipinski definition) is 1. The highest BCUT2D eigenvalue weighted by atomic mass is 19.1. The van der Waals surface area contributed by atoms with Crippen LogP contribution in [0.5, 0.6) is 0 Å². The predicted molar refractivity (Wildman–Crippen MR) is 69.6 cm³/mol. The highest BCUT2D eigenvalue weighted by molar-refractivity contribution is 5.99. The summed E-state index contributed by atoms with van der Waals surface area (Å²) in [6.07, 6.45) is 3.92. The Bertz CT molecular complexity index is 465. The number of nitrogens with zero attached hydrogens (tertiary/aromatic N) is 1. The molecular formula is C14H17FN2O. The van der Waals surface area contributed by atoms with Crippen molar-refractivity contribution < 1.29 is 9.18 Å². The van der Waals surface area contributed by atoms with Crippen molar-refractivity contribution in [1.29, 1.82) is 0 Å². The van der Waals surface area contributed by atoms with E-state index in [9.17, 15) is 9.18 Å². The van der Waals surface area contributed by atoms with Crippen molar-refractivity contribution in [2.45, 2.75) is 19.8 Å². The van der Waals surface area contributed by atoms with Crippen LogP contribution in [0, 0.1) is 5.82 Å². The molecule has 1 aromatic rings. The van der Waals surface area contributed by atoms with Crippen molar-refractivity contribution >= 4 is 11.6 Å². The molecule has 1 aromatic carbocycles. The molecule has 0 spiro atoms. The zero-order valence-corrected chi connectivity index (χ0v) is 10.4. The van der Waals surface area contributed by atoms with Crippen LogP contribution < -0.4 is 5.32 Å². The van der Waals surface area contributed by atoms with Gasteiger partial charge in [0.05, 0.1) is 0 Å². The predicted octanol–water partition coefficient (Wildman–Crippen LogP) is 2.76. The zero-order chi connectivity index (χ0) is 13.0. The molecule has 2 rings (SSSR count). The standard InChI is InChI=1S/C14H17FN2O/c1-11(17-7-2-3-8-17)9-14(18)16-13-6-4-5-12(15)10-13/h4-6,9-10H,2-3,7-8H2,1H3,(H,16,18)/b11-9-. The molecule has 0 atom stereocenters. The minimum atomic E-state index is -0.354. The molecule has 3 nitrogen and oxygen atoms in total. The molecule has 0 unspecified atom stereocenters. The van der Waals surface area contributed by atoms with Crippen LogP contribution in [-0.4, -0.2) is 23.9 Å². The van der Waals surface area contributed by atoms with Gasteiger partial charge in [-0.15, -0.1) is 0 Å². The monoisotopic (exact) mass is 248 g/mol. The maximum Gasteiger partial charge on any atom is 0.250 e. The molecule has 0 aromatic heterocycles. The molecule has 18 heavy (non-hydrogen) atoms. The Balaban J connectivity index is 1.97. The summed E-state index contributed by atoms with van der Waals surface area (Å²) in [6.45, 7) is 3.95. The molecule has 0 bridgehead atoms. The van der Waals surface area contributed by atoms with Gasteiger partial charge in [-0.25, -0.2) is 4.39 Å². The van der Waals surface area contributed by atoms with Gasteiger partial charge in [0, 0.05) is 30.5 Å². The minimum Gasteiger partial charge on any atom is -0.375 e. The summed E-state index contributed by atoms with van der Waals surface area (Å²) in [6, 6.07) is 5.89. The molecule has 0 aliphatic carbocycles. The van der Waals surface area contributed by atoms with Crippen LogP contribution in [0.1, 0.15) is 19.8 Å². The number of hydrogen-bond acceptors (Lipinski definition) is 2. The van der Waals surface area contributed by atoms with Crippen LogP contribution in [0.15, 0.2) is 36.0 Å². The van der Waals surface area contributed by atoms with Crippen molar-refractivity contribution in [3.05, 3.63) is 41.9 Å². The summed E-state index contributed by atoms with van der Waals surface area (Å²) >= 11 is 0. The summed E-state index contributed by atoms with van der Waals surface area (Å²) in [5, 5.41) is 2.66. The molecule has 1 fully saturated rings. The van der Waals surface area contributed by atoms with Gasteiger partial charge in [0.15, 0.2) is 0 Å².